The minimum atomic E-state index is -0.971. The average molecular weight is 247 g/mol. The molecule has 0 spiro atoms. The Balaban J connectivity index is 2.13. The molecule has 0 atom stereocenters. The number of hydrogen-bond donors (Lipinski definition) is 1. The van der Waals surface area contributed by atoms with Crippen molar-refractivity contribution < 1.29 is 14.7 Å². The van der Waals surface area contributed by atoms with Crippen LogP contribution in [0, 0.1) is 0 Å². The van der Waals surface area contributed by atoms with Crippen molar-refractivity contribution in [1.82, 2.24) is 4.90 Å². The molecule has 1 fully saturated rings. The molecule has 0 aromatic heterocycles. The topological polar surface area (TPSA) is 57.6 Å². The minimum Gasteiger partial charge on any atom is -0.478 e. The number of aromatic carboxylic acids is 1. The summed E-state index contributed by atoms with van der Waals surface area (Å²) < 4.78 is 0. The first-order chi connectivity index (χ1) is 8.63. The van der Waals surface area contributed by atoms with E-state index >= 15 is 0 Å². The Morgan fingerprint density at radius 3 is 2.22 bits per heavy atom. The summed E-state index contributed by atoms with van der Waals surface area (Å²) in [7, 11) is 0. The Morgan fingerprint density at radius 2 is 1.78 bits per heavy atom. The van der Waals surface area contributed by atoms with E-state index in [0.717, 1.165) is 25.8 Å². The highest BCUT2D eigenvalue weighted by Crippen LogP contribution is 2.28. The van der Waals surface area contributed by atoms with Crippen LogP contribution in [-0.2, 0) is 0 Å². The fourth-order valence-corrected chi connectivity index (χ4v) is 2.00. The maximum atomic E-state index is 12.3. The van der Waals surface area contributed by atoms with Crippen LogP contribution in [0.25, 0.3) is 0 Å². The average Bonchev–Trinajstić information content (AvgIpc) is 3.19. The molecule has 4 nitrogen and oxygen atoms in total. The van der Waals surface area contributed by atoms with Gasteiger partial charge in [-0.3, -0.25) is 4.79 Å². The van der Waals surface area contributed by atoms with E-state index in [1.807, 2.05) is 4.90 Å². The summed E-state index contributed by atoms with van der Waals surface area (Å²) in [4.78, 5) is 24.9. The van der Waals surface area contributed by atoms with Crippen molar-refractivity contribution in [3.05, 3.63) is 35.4 Å². The van der Waals surface area contributed by atoms with Gasteiger partial charge in [-0.15, -0.1) is 0 Å². The fraction of sp³-hybridized carbons (Fsp3) is 0.429. The van der Waals surface area contributed by atoms with Crippen molar-refractivity contribution in [2.45, 2.75) is 32.2 Å². The van der Waals surface area contributed by atoms with Gasteiger partial charge in [-0.2, -0.15) is 0 Å². The Labute approximate surface area is 106 Å². The van der Waals surface area contributed by atoms with Crippen LogP contribution in [0.4, 0.5) is 0 Å². The Hall–Kier alpha value is -1.84. The summed E-state index contributed by atoms with van der Waals surface area (Å²) >= 11 is 0. The number of carboxylic acids is 1. The highest BCUT2D eigenvalue weighted by atomic mass is 16.4. The van der Waals surface area contributed by atoms with Gasteiger partial charge in [-0.1, -0.05) is 6.92 Å². The van der Waals surface area contributed by atoms with E-state index in [1.165, 1.54) is 12.1 Å². The molecule has 1 aromatic rings. The molecule has 1 aliphatic carbocycles. The van der Waals surface area contributed by atoms with Crippen LogP contribution >= 0.6 is 0 Å². The summed E-state index contributed by atoms with van der Waals surface area (Å²) in [5.74, 6) is -0.960. The van der Waals surface area contributed by atoms with Gasteiger partial charge in [0.15, 0.2) is 0 Å². The van der Waals surface area contributed by atoms with E-state index in [1.54, 1.807) is 12.1 Å². The lowest BCUT2D eigenvalue weighted by molar-refractivity contribution is 0.0693. The second kappa shape index (κ2) is 5.21. The smallest absolute Gasteiger partial charge is 0.335 e. The van der Waals surface area contributed by atoms with Crippen LogP contribution in [-0.4, -0.2) is 34.5 Å². The van der Waals surface area contributed by atoms with Crippen LogP contribution in [0.15, 0.2) is 24.3 Å². The molecule has 1 N–H and O–H groups in total. The van der Waals surface area contributed by atoms with E-state index in [0.29, 0.717) is 11.6 Å². The maximum Gasteiger partial charge on any atom is 0.335 e. The predicted molar refractivity (Wildman–Crippen MR) is 67.8 cm³/mol. The molecule has 0 radical (unpaired) electrons. The van der Waals surface area contributed by atoms with E-state index in [2.05, 4.69) is 6.92 Å². The zero-order valence-electron chi connectivity index (χ0n) is 10.4. The number of hydrogen-bond acceptors (Lipinski definition) is 2. The second-order valence-electron chi connectivity index (χ2n) is 4.61. The molecular formula is C14H17NO3. The highest BCUT2D eigenvalue weighted by molar-refractivity contribution is 5.96. The number of carboxylic acid groups (broad SMARTS) is 1. The van der Waals surface area contributed by atoms with Crippen molar-refractivity contribution in [3.63, 3.8) is 0 Å². The molecule has 1 saturated carbocycles. The van der Waals surface area contributed by atoms with Crippen molar-refractivity contribution in [2.24, 2.45) is 0 Å². The summed E-state index contributed by atoms with van der Waals surface area (Å²) in [5, 5.41) is 8.81. The van der Waals surface area contributed by atoms with Crippen LogP contribution in [0.3, 0.4) is 0 Å². The van der Waals surface area contributed by atoms with Gasteiger partial charge in [0.1, 0.15) is 0 Å². The molecule has 2 rings (SSSR count). The zero-order chi connectivity index (χ0) is 13.1. The van der Waals surface area contributed by atoms with Gasteiger partial charge >= 0.3 is 5.97 Å². The van der Waals surface area contributed by atoms with Crippen LogP contribution in [0.2, 0.25) is 0 Å². The Morgan fingerprint density at radius 1 is 1.22 bits per heavy atom. The normalized spacial score (nSPS) is 14.3. The summed E-state index contributed by atoms with van der Waals surface area (Å²) in [5.41, 5.74) is 0.778. The SMILES string of the molecule is CCCN(C(=O)c1ccc(C(=O)O)cc1)C1CC1. The standard InChI is InChI=1S/C14H17NO3/c1-2-9-15(12-7-8-12)13(16)10-3-5-11(6-4-10)14(17)18/h3-6,12H,2,7-9H2,1H3,(H,17,18). The van der Waals surface area contributed by atoms with Crippen LogP contribution in [0.5, 0.6) is 0 Å². The highest BCUT2D eigenvalue weighted by Gasteiger charge is 2.32. The van der Waals surface area contributed by atoms with Gasteiger partial charge in [0.2, 0.25) is 0 Å². The first-order valence-corrected chi connectivity index (χ1v) is 6.27. The second-order valence-corrected chi connectivity index (χ2v) is 4.61. The Bertz CT molecular complexity index is 449. The number of nitrogens with zero attached hydrogens (tertiary/aromatic N) is 1. The largest absolute Gasteiger partial charge is 0.478 e. The molecule has 0 aliphatic heterocycles. The third-order valence-corrected chi connectivity index (χ3v) is 3.09. The van der Waals surface area contributed by atoms with E-state index < -0.39 is 5.97 Å². The van der Waals surface area contributed by atoms with Crippen molar-refractivity contribution in [2.75, 3.05) is 6.54 Å². The third kappa shape index (κ3) is 2.70. The van der Waals surface area contributed by atoms with Crippen molar-refractivity contribution in [1.29, 1.82) is 0 Å². The number of carbonyl (C=O) groups is 2. The van der Waals surface area contributed by atoms with E-state index in [4.69, 9.17) is 5.11 Å². The molecule has 18 heavy (non-hydrogen) atoms. The van der Waals surface area contributed by atoms with E-state index in [-0.39, 0.29) is 11.5 Å². The van der Waals surface area contributed by atoms with Gasteiger partial charge in [0, 0.05) is 18.2 Å². The lowest BCUT2D eigenvalue weighted by Crippen LogP contribution is -2.33. The molecular weight excluding hydrogens is 230 g/mol. The predicted octanol–water partition coefficient (Wildman–Crippen LogP) is 2.40. The zero-order valence-corrected chi connectivity index (χ0v) is 10.4. The lowest BCUT2D eigenvalue weighted by atomic mass is 10.1. The molecule has 1 amide bonds. The third-order valence-electron chi connectivity index (χ3n) is 3.09. The molecule has 4 heteroatoms. The quantitative estimate of drug-likeness (QED) is 0.869. The van der Waals surface area contributed by atoms with Gasteiger partial charge in [0.25, 0.3) is 5.91 Å². The summed E-state index contributed by atoms with van der Waals surface area (Å²) in [6, 6.07) is 6.53. The molecule has 1 aromatic carbocycles. The minimum absolute atomic E-state index is 0.0105. The first-order valence-electron chi connectivity index (χ1n) is 6.27. The molecule has 1 aliphatic rings. The number of amides is 1. The molecule has 0 unspecified atom stereocenters. The van der Waals surface area contributed by atoms with Crippen molar-refractivity contribution >= 4 is 11.9 Å². The number of benzene rings is 1. The monoisotopic (exact) mass is 247 g/mol. The van der Waals surface area contributed by atoms with E-state index in [9.17, 15) is 9.59 Å². The lowest BCUT2D eigenvalue weighted by Gasteiger charge is -2.21. The van der Waals surface area contributed by atoms with Gasteiger partial charge in [-0.05, 0) is 43.5 Å². The number of rotatable bonds is 5. The van der Waals surface area contributed by atoms with Gasteiger partial charge in [0.05, 0.1) is 5.56 Å². The van der Waals surface area contributed by atoms with Crippen molar-refractivity contribution in [3.8, 4) is 0 Å². The molecule has 0 bridgehead atoms. The molecule has 0 heterocycles. The summed E-state index contributed by atoms with van der Waals surface area (Å²) in [6.45, 7) is 2.82. The molecule has 96 valence electrons. The fourth-order valence-electron chi connectivity index (χ4n) is 2.00. The van der Waals surface area contributed by atoms with Gasteiger partial charge in [-0.25, -0.2) is 4.79 Å². The maximum absolute atomic E-state index is 12.3. The first kappa shape index (κ1) is 12.6. The van der Waals surface area contributed by atoms with Gasteiger partial charge < -0.3 is 10.0 Å². The molecule has 0 saturated heterocycles. The summed E-state index contributed by atoms with van der Waals surface area (Å²) in [6.07, 6.45) is 3.10. The van der Waals surface area contributed by atoms with Crippen LogP contribution < -0.4 is 0 Å². The van der Waals surface area contributed by atoms with Crippen LogP contribution in [0.1, 0.15) is 46.9 Å². The number of carbonyl (C=O) groups excluding carboxylic acids is 1. The Kier molecular flexibility index (Phi) is 3.65.